The molecule has 3 nitrogen and oxygen atoms in total. The van der Waals surface area contributed by atoms with Crippen LogP contribution >= 0.6 is 0 Å². The van der Waals surface area contributed by atoms with E-state index in [-0.39, 0.29) is 0 Å². The van der Waals surface area contributed by atoms with E-state index >= 15 is 0 Å². The summed E-state index contributed by atoms with van der Waals surface area (Å²) in [6, 6.07) is 0. The van der Waals surface area contributed by atoms with Crippen molar-refractivity contribution in [2.45, 2.75) is 53.4 Å². The van der Waals surface area contributed by atoms with Gasteiger partial charge < -0.3 is 0 Å². The van der Waals surface area contributed by atoms with Gasteiger partial charge in [0.25, 0.3) is 0 Å². The average molecular weight is 231 g/mol. The number of hydrogen-bond acceptors (Lipinski definition) is 2. The van der Waals surface area contributed by atoms with Crippen molar-refractivity contribution in [3.05, 3.63) is 22.3 Å². The summed E-state index contributed by atoms with van der Waals surface area (Å²) in [5.41, 5.74) is 7.91. The van der Waals surface area contributed by atoms with Crippen LogP contribution in [-0.4, -0.2) is 15.4 Å². The molecule has 2 aromatic rings. The summed E-state index contributed by atoms with van der Waals surface area (Å²) in [5.74, 6) is 0. The molecule has 1 N–H and O–H groups in total. The van der Waals surface area contributed by atoms with E-state index in [2.05, 4.69) is 43.1 Å². The molecule has 0 radical (unpaired) electrons. The Morgan fingerprint density at radius 1 is 0.647 bits per heavy atom. The molecule has 0 amide bonds. The van der Waals surface area contributed by atoms with Crippen LogP contribution in [0.15, 0.2) is 0 Å². The summed E-state index contributed by atoms with van der Waals surface area (Å²) < 4.78 is 0. The van der Waals surface area contributed by atoms with Gasteiger partial charge in [0.15, 0.2) is 0 Å². The molecule has 1 heterocycles. The van der Waals surface area contributed by atoms with E-state index in [4.69, 9.17) is 0 Å². The van der Waals surface area contributed by atoms with Crippen LogP contribution < -0.4 is 0 Å². The standard InChI is InChI=1S/C14H21N3/c1-5-9-10(6-2)12(8-4)14-13(11(9)7-3)15-17-16-14/h5-8H2,1-4H3,(H,15,16,17). The predicted molar refractivity (Wildman–Crippen MR) is 71.4 cm³/mol. The molecule has 2 rings (SSSR count). The summed E-state index contributed by atoms with van der Waals surface area (Å²) >= 11 is 0. The van der Waals surface area contributed by atoms with Gasteiger partial charge in [0.05, 0.1) is 0 Å². The van der Waals surface area contributed by atoms with E-state index in [0.717, 1.165) is 36.7 Å². The van der Waals surface area contributed by atoms with Gasteiger partial charge in [0.1, 0.15) is 11.0 Å². The average Bonchev–Trinajstić information content (AvgIpc) is 2.84. The monoisotopic (exact) mass is 231 g/mol. The molecule has 0 aliphatic rings. The van der Waals surface area contributed by atoms with Crippen LogP contribution in [0.4, 0.5) is 0 Å². The van der Waals surface area contributed by atoms with Crippen LogP contribution in [0.5, 0.6) is 0 Å². The highest BCUT2D eigenvalue weighted by atomic mass is 15.3. The van der Waals surface area contributed by atoms with Crippen molar-refractivity contribution in [1.82, 2.24) is 15.4 Å². The fourth-order valence-corrected chi connectivity index (χ4v) is 2.92. The van der Waals surface area contributed by atoms with E-state index < -0.39 is 0 Å². The topological polar surface area (TPSA) is 41.6 Å². The Morgan fingerprint density at radius 2 is 1.00 bits per heavy atom. The number of rotatable bonds is 4. The lowest BCUT2D eigenvalue weighted by Crippen LogP contribution is -2.04. The van der Waals surface area contributed by atoms with Crippen LogP contribution in [0.2, 0.25) is 0 Å². The Morgan fingerprint density at radius 3 is 1.29 bits per heavy atom. The van der Waals surface area contributed by atoms with Gasteiger partial charge in [0.2, 0.25) is 0 Å². The fourth-order valence-electron chi connectivity index (χ4n) is 2.92. The van der Waals surface area contributed by atoms with Crippen LogP contribution in [0.3, 0.4) is 0 Å². The lowest BCUT2D eigenvalue weighted by atomic mass is 9.89. The number of nitrogens with one attached hydrogen (secondary N) is 1. The second-order valence-corrected chi connectivity index (χ2v) is 4.35. The van der Waals surface area contributed by atoms with Gasteiger partial charge in [-0.2, -0.15) is 15.4 Å². The molecule has 0 unspecified atom stereocenters. The first-order valence-electron chi connectivity index (χ1n) is 6.64. The number of H-pyrrole nitrogens is 1. The Labute approximate surface area is 103 Å². The third-order valence-corrected chi connectivity index (χ3v) is 3.63. The Hall–Kier alpha value is -1.38. The summed E-state index contributed by atoms with van der Waals surface area (Å²) in [7, 11) is 0. The zero-order chi connectivity index (χ0) is 12.4. The van der Waals surface area contributed by atoms with Gasteiger partial charge >= 0.3 is 0 Å². The third-order valence-electron chi connectivity index (χ3n) is 3.63. The molecule has 3 heteroatoms. The molecule has 0 fully saturated rings. The smallest absolute Gasteiger partial charge is 0.116 e. The van der Waals surface area contributed by atoms with Crippen LogP contribution in [0.25, 0.3) is 11.0 Å². The highest BCUT2D eigenvalue weighted by Gasteiger charge is 2.17. The van der Waals surface area contributed by atoms with Gasteiger partial charge in [-0.25, -0.2) is 0 Å². The van der Waals surface area contributed by atoms with E-state index in [9.17, 15) is 0 Å². The predicted octanol–water partition coefficient (Wildman–Crippen LogP) is 3.21. The van der Waals surface area contributed by atoms with Crippen molar-refractivity contribution in [2.75, 3.05) is 0 Å². The first-order chi connectivity index (χ1) is 8.28. The third kappa shape index (κ3) is 1.74. The van der Waals surface area contributed by atoms with Crippen LogP contribution in [0.1, 0.15) is 49.9 Å². The maximum atomic E-state index is 4.35. The zero-order valence-electron chi connectivity index (χ0n) is 11.2. The zero-order valence-corrected chi connectivity index (χ0v) is 11.2. The first-order valence-corrected chi connectivity index (χ1v) is 6.64. The number of hydrogen-bond donors (Lipinski definition) is 1. The van der Waals surface area contributed by atoms with Crippen LogP contribution in [0, 0.1) is 0 Å². The van der Waals surface area contributed by atoms with Crippen LogP contribution in [-0.2, 0) is 25.7 Å². The van der Waals surface area contributed by atoms with Crippen molar-refractivity contribution in [3.63, 3.8) is 0 Å². The maximum Gasteiger partial charge on any atom is 0.116 e. The lowest BCUT2D eigenvalue weighted by molar-refractivity contribution is 0.952. The molecule has 0 spiro atoms. The minimum absolute atomic E-state index is 1.03. The van der Waals surface area contributed by atoms with Gasteiger partial charge in [-0.15, -0.1) is 0 Å². The number of benzene rings is 1. The highest BCUT2D eigenvalue weighted by Crippen LogP contribution is 2.30. The summed E-state index contributed by atoms with van der Waals surface area (Å²) in [5, 5.41) is 11.5. The SMILES string of the molecule is CCc1c(CC)c(CC)c2n[nH]nc2c1CC. The van der Waals surface area contributed by atoms with Gasteiger partial charge in [-0.3, -0.25) is 0 Å². The van der Waals surface area contributed by atoms with Crippen molar-refractivity contribution < 1.29 is 0 Å². The fraction of sp³-hybridized carbons (Fsp3) is 0.571. The van der Waals surface area contributed by atoms with Gasteiger partial charge in [0, 0.05) is 0 Å². The minimum Gasteiger partial charge on any atom is -0.197 e. The summed E-state index contributed by atoms with van der Waals surface area (Å²) in [6.45, 7) is 8.87. The van der Waals surface area contributed by atoms with Crippen molar-refractivity contribution >= 4 is 11.0 Å². The molecule has 1 aromatic carbocycles. The second kappa shape index (κ2) is 4.86. The van der Waals surface area contributed by atoms with Gasteiger partial charge in [-0.1, -0.05) is 27.7 Å². The minimum atomic E-state index is 1.03. The molecule has 92 valence electrons. The molecule has 0 saturated carbocycles. The molecular formula is C14H21N3. The number of fused-ring (bicyclic) bond motifs is 1. The Balaban J connectivity index is 2.89. The molecule has 17 heavy (non-hydrogen) atoms. The Kier molecular flexibility index (Phi) is 3.46. The summed E-state index contributed by atoms with van der Waals surface area (Å²) in [4.78, 5) is 0. The molecule has 0 saturated heterocycles. The normalized spacial score (nSPS) is 11.3. The quantitative estimate of drug-likeness (QED) is 0.878. The van der Waals surface area contributed by atoms with E-state index in [1.165, 1.54) is 22.3 Å². The van der Waals surface area contributed by atoms with Gasteiger partial charge in [-0.05, 0) is 47.9 Å². The second-order valence-electron chi connectivity index (χ2n) is 4.35. The van der Waals surface area contributed by atoms with Crippen molar-refractivity contribution in [1.29, 1.82) is 0 Å². The maximum absolute atomic E-state index is 4.35. The molecular weight excluding hydrogens is 210 g/mol. The molecule has 0 aliphatic heterocycles. The molecule has 0 atom stereocenters. The number of aromatic nitrogens is 3. The number of aryl methyl sites for hydroxylation is 2. The van der Waals surface area contributed by atoms with Crippen molar-refractivity contribution in [2.24, 2.45) is 0 Å². The number of aromatic amines is 1. The Bertz CT molecular complexity index is 480. The lowest BCUT2D eigenvalue weighted by Gasteiger charge is -2.16. The number of nitrogens with zero attached hydrogens (tertiary/aromatic N) is 2. The largest absolute Gasteiger partial charge is 0.197 e. The first kappa shape index (κ1) is 12.1. The summed E-state index contributed by atoms with van der Waals surface area (Å²) in [6.07, 6.45) is 4.23. The highest BCUT2D eigenvalue weighted by molar-refractivity contribution is 5.84. The van der Waals surface area contributed by atoms with E-state index in [1.54, 1.807) is 0 Å². The molecule has 0 bridgehead atoms. The molecule has 1 aromatic heterocycles. The van der Waals surface area contributed by atoms with Crippen molar-refractivity contribution in [3.8, 4) is 0 Å². The molecule has 0 aliphatic carbocycles. The van der Waals surface area contributed by atoms with E-state index in [1.807, 2.05) is 0 Å². The van der Waals surface area contributed by atoms with E-state index in [0.29, 0.717) is 0 Å².